The van der Waals surface area contributed by atoms with Gasteiger partial charge in [-0.2, -0.15) is 0 Å². The van der Waals surface area contributed by atoms with E-state index in [0.717, 1.165) is 0 Å². The maximum absolute atomic E-state index is 4.78. The molecule has 0 bridgehead atoms. The fourth-order valence-corrected chi connectivity index (χ4v) is 0. The van der Waals surface area contributed by atoms with Gasteiger partial charge in [-0.05, 0) is 13.8 Å². The summed E-state index contributed by atoms with van der Waals surface area (Å²) in [7, 11) is 1.53. The Morgan fingerprint density at radius 3 is 1.75 bits per heavy atom. The van der Waals surface area contributed by atoms with E-state index in [1.807, 2.05) is 13.8 Å². The van der Waals surface area contributed by atoms with Gasteiger partial charge in [-0.15, -0.1) is 0 Å². The molecule has 4 radical (unpaired) electrons. The van der Waals surface area contributed by atoms with Crippen molar-refractivity contribution in [1.82, 2.24) is 0 Å². The van der Waals surface area contributed by atoms with Crippen molar-refractivity contribution in [3.63, 3.8) is 0 Å². The van der Waals surface area contributed by atoms with E-state index in [2.05, 4.69) is 6.92 Å². The minimum absolute atomic E-state index is 0.397. The van der Waals surface area contributed by atoms with Crippen LogP contribution in [0.4, 0.5) is 0 Å². The Morgan fingerprint density at radius 2 is 1.75 bits per heavy atom. The molecule has 0 aliphatic rings. The summed E-state index contributed by atoms with van der Waals surface area (Å²) < 4.78 is 6.12. The van der Waals surface area contributed by atoms with Crippen LogP contribution in [0.15, 0.2) is 0 Å². The first-order valence-electron chi connectivity index (χ1n) is 2.74. The Balaban J connectivity index is 0. The van der Waals surface area contributed by atoms with Gasteiger partial charge in [0.15, 0.2) is 10.5 Å². The summed E-state index contributed by atoms with van der Waals surface area (Å²) in [5, 5.41) is 0. The standard InChI is InChI=1S/C3H9OSi.C2H5.Sn/c1-3(2)4-5;1-2;/h3H,5H2,1-2H3;1H2,2H3;. The van der Waals surface area contributed by atoms with Gasteiger partial charge in [0.25, 0.3) is 0 Å². The van der Waals surface area contributed by atoms with Crippen LogP contribution in [0.1, 0.15) is 20.8 Å². The first-order chi connectivity index (χ1) is 3.68. The van der Waals surface area contributed by atoms with E-state index in [9.17, 15) is 0 Å². The normalized spacial score (nSPS) is 8.25. The molecule has 0 unspecified atom stereocenters. The minimum atomic E-state index is 0.397. The molecule has 0 aliphatic heterocycles. The van der Waals surface area contributed by atoms with E-state index in [1.165, 1.54) is 14.9 Å². The van der Waals surface area contributed by atoms with Crippen LogP contribution in [0.5, 0.6) is 0 Å². The average molecular weight is 237 g/mol. The Hall–Kier alpha value is 0.976. The summed E-state index contributed by atoms with van der Waals surface area (Å²) in [5.41, 5.74) is 0. The first-order valence-corrected chi connectivity index (χ1v) is 5.34. The van der Waals surface area contributed by atoms with Crippen LogP contribution >= 0.6 is 0 Å². The molecule has 8 heavy (non-hydrogen) atoms. The molecule has 0 fully saturated rings. The molecule has 0 aromatic carbocycles. The van der Waals surface area contributed by atoms with Crippen molar-refractivity contribution in [2.75, 3.05) is 0 Å². The predicted octanol–water partition coefficient (Wildman–Crippen LogP) is 0.553. The Kier molecular flexibility index (Phi) is 15.9. The zero-order chi connectivity index (χ0) is 6.99. The fourth-order valence-electron chi connectivity index (χ4n) is 0. The van der Waals surface area contributed by atoms with Gasteiger partial charge in [0, 0.05) is 6.10 Å². The summed E-state index contributed by atoms with van der Waals surface area (Å²) in [6, 6.07) is 0. The molecule has 1 nitrogen and oxygen atoms in total. The van der Waals surface area contributed by atoms with Crippen LogP contribution in [-0.4, -0.2) is 39.1 Å². The molecule has 0 aromatic heterocycles. The number of hydrogen-bond acceptors (Lipinski definition) is 1. The molecule has 0 amide bonds. The third-order valence-corrected chi connectivity index (χ3v) is 1.00. The van der Waals surface area contributed by atoms with Crippen molar-refractivity contribution in [2.24, 2.45) is 0 Å². The van der Waals surface area contributed by atoms with Crippen LogP contribution in [0.2, 0.25) is 4.44 Å². The van der Waals surface area contributed by atoms with E-state index >= 15 is 0 Å². The molecular weight excluding hydrogens is 223 g/mol. The Bertz CT molecular complexity index is 33.6. The van der Waals surface area contributed by atoms with Crippen LogP contribution in [0, 0.1) is 0 Å². The third-order valence-electron chi connectivity index (χ3n) is 0.333. The van der Waals surface area contributed by atoms with Gasteiger partial charge >= 0.3 is 33.9 Å². The number of hydrogen-bond donors (Lipinski definition) is 0. The second-order valence-electron chi connectivity index (χ2n) is 1.57. The van der Waals surface area contributed by atoms with Gasteiger partial charge in [0.1, 0.15) is 0 Å². The van der Waals surface area contributed by atoms with E-state index in [-0.39, 0.29) is 0 Å². The van der Waals surface area contributed by atoms with Crippen molar-refractivity contribution in [3.05, 3.63) is 0 Å². The number of rotatable bonds is 1. The molecule has 0 saturated heterocycles. The van der Waals surface area contributed by atoms with Gasteiger partial charge in [0.05, 0.1) is 0 Å². The quantitative estimate of drug-likeness (QED) is 0.605. The topological polar surface area (TPSA) is 9.23 Å². The molecule has 0 saturated carbocycles. The Morgan fingerprint density at radius 1 is 1.62 bits per heavy atom. The average Bonchev–Trinajstić information content (AvgIpc) is 1.69. The summed E-state index contributed by atoms with van der Waals surface area (Å²) in [5.74, 6) is 0. The summed E-state index contributed by atoms with van der Waals surface area (Å²) in [6.07, 6.45) is 0.397. The van der Waals surface area contributed by atoms with Gasteiger partial charge in [-0.3, -0.25) is 0 Å². The van der Waals surface area contributed by atoms with Crippen LogP contribution < -0.4 is 0 Å². The molecule has 48 valence electrons. The molecule has 0 aromatic rings. The van der Waals surface area contributed by atoms with Crippen molar-refractivity contribution in [3.8, 4) is 0 Å². The molecule has 3 heteroatoms. The molecule has 0 atom stereocenters. The monoisotopic (exact) mass is 238 g/mol. The van der Waals surface area contributed by atoms with Gasteiger partial charge in [0.2, 0.25) is 0 Å². The van der Waals surface area contributed by atoms with E-state index in [0.29, 0.717) is 6.10 Å². The van der Waals surface area contributed by atoms with Crippen LogP contribution in [0.3, 0.4) is 0 Å². The maximum atomic E-state index is 4.78. The fraction of sp³-hybridized carbons (Fsp3) is 1.00. The van der Waals surface area contributed by atoms with Crippen molar-refractivity contribution in [1.29, 1.82) is 0 Å². The summed E-state index contributed by atoms with van der Waals surface area (Å²) in [4.78, 5) is 0. The van der Waals surface area contributed by atoms with Gasteiger partial charge in [-0.1, -0.05) is 0 Å². The molecule has 0 rings (SSSR count). The second kappa shape index (κ2) is 10.9. The van der Waals surface area contributed by atoms with Crippen molar-refractivity contribution >= 4 is 33.0 Å². The molecular formula is C5H14OSiSn. The van der Waals surface area contributed by atoms with Crippen molar-refractivity contribution < 1.29 is 4.43 Å². The molecule has 0 heterocycles. The SMILES string of the molecule is CC(C)O[SiH2].C[CH2][Sn]. The van der Waals surface area contributed by atoms with Crippen molar-refractivity contribution in [2.45, 2.75) is 31.3 Å². The zero-order valence-corrected chi connectivity index (χ0v) is 10.2. The first kappa shape index (κ1) is 11.7. The second-order valence-corrected chi connectivity index (χ2v) is 3.92. The van der Waals surface area contributed by atoms with Gasteiger partial charge < -0.3 is 4.43 Å². The summed E-state index contributed by atoms with van der Waals surface area (Å²) in [6.45, 7) is 6.18. The van der Waals surface area contributed by atoms with Gasteiger partial charge in [-0.25, -0.2) is 0 Å². The Labute approximate surface area is 68.8 Å². The van der Waals surface area contributed by atoms with E-state index < -0.39 is 0 Å². The predicted molar refractivity (Wildman–Crippen MR) is 41.0 cm³/mol. The molecule has 0 N–H and O–H groups in total. The zero-order valence-electron chi connectivity index (χ0n) is 5.90. The van der Waals surface area contributed by atoms with E-state index in [1.54, 1.807) is 22.5 Å². The van der Waals surface area contributed by atoms with Crippen LogP contribution in [-0.2, 0) is 4.43 Å². The summed E-state index contributed by atoms with van der Waals surface area (Å²) >= 11 is 1.64. The van der Waals surface area contributed by atoms with Crippen LogP contribution in [0.25, 0.3) is 0 Å². The third kappa shape index (κ3) is 28.1. The molecule has 0 spiro atoms. The molecule has 0 aliphatic carbocycles. The van der Waals surface area contributed by atoms with E-state index in [4.69, 9.17) is 4.43 Å².